The fourth-order valence-electron chi connectivity index (χ4n) is 3.01. The van der Waals surface area contributed by atoms with E-state index in [1.807, 2.05) is 23.5 Å². The van der Waals surface area contributed by atoms with Gasteiger partial charge in [-0.05, 0) is 67.6 Å². The third-order valence-corrected chi connectivity index (χ3v) is 6.26. The molecule has 1 aromatic heterocycles. The van der Waals surface area contributed by atoms with Gasteiger partial charge in [0.2, 0.25) is 0 Å². The van der Waals surface area contributed by atoms with Crippen LogP contribution in [0.3, 0.4) is 0 Å². The van der Waals surface area contributed by atoms with Gasteiger partial charge < -0.3 is 5.32 Å². The molecule has 0 radical (unpaired) electrons. The Bertz CT molecular complexity index is 648. The van der Waals surface area contributed by atoms with Gasteiger partial charge in [-0.2, -0.15) is 0 Å². The molecule has 1 fully saturated rings. The average molecular weight is 369 g/mol. The van der Waals surface area contributed by atoms with Crippen LogP contribution in [0.2, 0.25) is 10.0 Å². The zero-order valence-electron chi connectivity index (χ0n) is 13.3. The molecule has 5 heteroatoms. The zero-order valence-corrected chi connectivity index (χ0v) is 15.6. The number of hydrogen-bond donors (Lipinski definition) is 1. The largest absolute Gasteiger partial charge is 0.309 e. The maximum absolute atomic E-state index is 6.10. The lowest BCUT2D eigenvalue weighted by Crippen LogP contribution is -2.41. The number of likely N-dealkylation sites (tertiary alicyclic amines) is 1. The maximum Gasteiger partial charge on any atom is 0.0595 e. The van der Waals surface area contributed by atoms with Crippen LogP contribution in [0.5, 0.6) is 0 Å². The molecule has 2 heterocycles. The van der Waals surface area contributed by atoms with Crippen LogP contribution in [-0.4, -0.2) is 24.0 Å². The Hall–Kier alpha value is -0.580. The summed E-state index contributed by atoms with van der Waals surface area (Å²) >= 11 is 13.9. The standard InChI is InChI=1S/C18H22Cl2N2S/c1-13-6-9-23-18(13)11-21-15-4-7-22(8-5-15)12-14-2-3-16(19)17(20)10-14/h2-3,6,9-10,15,21H,4-5,7-8,11-12H2,1H3. The third kappa shape index (κ3) is 4.71. The highest BCUT2D eigenvalue weighted by Gasteiger charge is 2.19. The van der Waals surface area contributed by atoms with Crippen molar-refractivity contribution in [2.45, 2.75) is 38.9 Å². The molecule has 1 saturated heterocycles. The quantitative estimate of drug-likeness (QED) is 0.787. The van der Waals surface area contributed by atoms with Crippen LogP contribution in [0.4, 0.5) is 0 Å². The van der Waals surface area contributed by atoms with Crippen molar-refractivity contribution in [3.63, 3.8) is 0 Å². The predicted octanol–water partition coefficient (Wildman–Crippen LogP) is 5.12. The van der Waals surface area contributed by atoms with Gasteiger partial charge in [0.1, 0.15) is 0 Å². The number of hydrogen-bond acceptors (Lipinski definition) is 3. The van der Waals surface area contributed by atoms with E-state index >= 15 is 0 Å². The van der Waals surface area contributed by atoms with Gasteiger partial charge in [0.15, 0.2) is 0 Å². The molecular weight excluding hydrogens is 347 g/mol. The number of thiophene rings is 1. The second-order valence-corrected chi connectivity index (χ2v) is 8.02. The molecule has 0 aliphatic carbocycles. The number of halogens is 2. The Kier molecular flexibility index (Phi) is 6.00. The number of piperidine rings is 1. The van der Waals surface area contributed by atoms with Crippen molar-refractivity contribution < 1.29 is 0 Å². The summed E-state index contributed by atoms with van der Waals surface area (Å²) in [7, 11) is 0. The summed E-state index contributed by atoms with van der Waals surface area (Å²) in [6.07, 6.45) is 2.40. The Morgan fingerprint density at radius 1 is 1.17 bits per heavy atom. The summed E-state index contributed by atoms with van der Waals surface area (Å²) in [5.74, 6) is 0. The summed E-state index contributed by atoms with van der Waals surface area (Å²) in [6, 6.07) is 8.76. The molecule has 0 amide bonds. The SMILES string of the molecule is Cc1ccsc1CNC1CCN(Cc2ccc(Cl)c(Cl)c2)CC1. The first-order valence-electron chi connectivity index (χ1n) is 8.04. The van der Waals surface area contributed by atoms with Crippen LogP contribution < -0.4 is 5.32 Å². The fraction of sp³-hybridized carbons (Fsp3) is 0.444. The lowest BCUT2D eigenvalue weighted by molar-refractivity contribution is 0.190. The number of nitrogens with one attached hydrogen (secondary N) is 1. The van der Waals surface area contributed by atoms with Gasteiger partial charge in [0.25, 0.3) is 0 Å². The first-order chi connectivity index (χ1) is 11.1. The first kappa shape index (κ1) is 17.2. The van der Waals surface area contributed by atoms with Gasteiger partial charge in [0.05, 0.1) is 10.0 Å². The zero-order chi connectivity index (χ0) is 16.2. The lowest BCUT2D eigenvalue weighted by atomic mass is 10.0. The molecule has 0 unspecified atom stereocenters. The van der Waals surface area contributed by atoms with E-state index in [2.05, 4.69) is 34.7 Å². The molecule has 0 spiro atoms. The fourth-order valence-corrected chi connectivity index (χ4v) is 4.19. The lowest BCUT2D eigenvalue weighted by Gasteiger charge is -2.32. The number of nitrogens with zero attached hydrogens (tertiary/aromatic N) is 1. The number of benzene rings is 1. The molecular formula is C18H22Cl2N2S. The van der Waals surface area contributed by atoms with Crippen molar-refractivity contribution in [1.29, 1.82) is 0 Å². The van der Waals surface area contributed by atoms with Crippen molar-refractivity contribution in [1.82, 2.24) is 10.2 Å². The highest BCUT2D eigenvalue weighted by molar-refractivity contribution is 7.10. The molecule has 124 valence electrons. The van der Waals surface area contributed by atoms with Gasteiger partial charge in [-0.15, -0.1) is 11.3 Å². The molecule has 2 nitrogen and oxygen atoms in total. The van der Waals surface area contributed by atoms with Gasteiger partial charge in [0, 0.05) is 24.0 Å². The van der Waals surface area contributed by atoms with Crippen LogP contribution in [-0.2, 0) is 13.1 Å². The highest BCUT2D eigenvalue weighted by atomic mass is 35.5. The minimum absolute atomic E-state index is 0.626. The molecule has 23 heavy (non-hydrogen) atoms. The topological polar surface area (TPSA) is 15.3 Å². The molecule has 3 rings (SSSR count). The second kappa shape index (κ2) is 8.00. The Labute approximate surface area is 152 Å². The van der Waals surface area contributed by atoms with Crippen LogP contribution in [0.15, 0.2) is 29.6 Å². The van der Waals surface area contributed by atoms with E-state index in [-0.39, 0.29) is 0 Å². The first-order valence-corrected chi connectivity index (χ1v) is 9.68. The number of rotatable bonds is 5. The van der Waals surface area contributed by atoms with E-state index in [1.54, 1.807) is 0 Å². The monoisotopic (exact) mass is 368 g/mol. The molecule has 2 aromatic rings. The minimum atomic E-state index is 0.626. The van der Waals surface area contributed by atoms with Gasteiger partial charge >= 0.3 is 0 Å². The molecule has 0 saturated carbocycles. The van der Waals surface area contributed by atoms with Crippen LogP contribution in [0.25, 0.3) is 0 Å². The van der Waals surface area contributed by atoms with Crippen LogP contribution in [0, 0.1) is 6.92 Å². The summed E-state index contributed by atoms with van der Waals surface area (Å²) in [4.78, 5) is 3.96. The molecule has 0 bridgehead atoms. The molecule has 1 aromatic carbocycles. The van der Waals surface area contributed by atoms with Crippen LogP contribution >= 0.6 is 34.5 Å². The van der Waals surface area contributed by atoms with Gasteiger partial charge in [-0.1, -0.05) is 29.3 Å². The summed E-state index contributed by atoms with van der Waals surface area (Å²) in [5.41, 5.74) is 2.64. The van der Waals surface area contributed by atoms with Crippen molar-refractivity contribution in [2.24, 2.45) is 0 Å². The molecule has 1 aliphatic heterocycles. The van der Waals surface area contributed by atoms with Gasteiger partial charge in [-0.25, -0.2) is 0 Å². The van der Waals surface area contributed by atoms with E-state index in [1.165, 1.54) is 28.8 Å². The third-order valence-electron chi connectivity index (χ3n) is 4.50. The molecule has 0 atom stereocenters. The molecule has 1 N–H and O–H groups in total. The average Bonchev–Trinajstić information content (AvgIpc) is 2.95. The summed E-state index contributed by atoms with van der Waals surface area (Å²) < 4.78 is 0. The van der Waals surface area contributed by atoms with E-state index in [0.717, 1.165) is 26.2 Å². The summed E-state index contributed by atoms with van der Waals surface area (Å²) in [5, 5.41) is 7.16. The second-order valence-electron chi connectivity index (χ2n) is 6.21. The maximum atomic E-state index is 6.10. The van der Waals surface area contributed by atoms with Crippen molar-refractivity contribution >= 4 is 34.5 Å². The summed E-state index contributed by atoms with van der Waals surface area (Å²) in [6.45, 7) is 6.39. The van der Waals surface area contributed by atoms with E-state index in [0.29, 0.717) is 16.1 Å². The van der Waals surface area contributed by atoms with E-state index < -0.39 is 0 Å². The van der Waals surface area contributed by atoms with Crippen molar-refractivity contribution in [2.75, 3.05) is 13.1 Å². The molecule has 1 aliphatic rings. The normalized spacial score (nSPS) is 16.8. The van der Waals surface area contributed by atoms with Gasteiger partial charge in [-0.3, -0.25) is 4.90 Å². The Balaban J connectivity index is 1.45. The van der Waals surface area contributed by atoms with E-state index in [4.69, 9.17) is 23.2 Å². The Morgan fingerprint density at radius 3 is 2.61 bits per heavy atom. The van der Waals surface area contributed by atoms with Crippen LogP contribution in [0.1, 0.15) is 28.8 Å². The Morgan fingerprint density at radius 2 is 1.96 bits per heavy atom. The number of aryl methyl sites for hydroxylation is 1. The smallest absolute Gasteiger partial charge is 0.0595 e. The minimum Gasteiger partial charge on any atom is -0.309 e. The van der Waals surface area contributed by atoms with Crippen molar-refractivity contribution in [3.05, 3.63) is 55.7 Å². The predicted molar refractivity (Wildman–Crippen MR) is 101 cm³/mol. The van der Waals surface area contributed by atoms with Crippen molar-refractivity contribution in [3.8, 4) is 0 Å². The highest BCUT2D eigenvalue weighted by Crippen LogP contribution is 2.24. The van der Waals surface area contributed by atoms with E-state index in [9.17, 15) is 0 Å².